The highest BCUT2D eigenvalue weighted by Crippen LogP contribution is 2.27. The van der Waals surface area contributed by atoms with Crippen molar-refractivity contribution in [3.05, 3.63) is 34.9 Å². The van der Waals surface area contributed by atoms with E-state index in [1.807, 2.05) is 13.8 Å². The summed E-state index contributed by atoms with van der Waals surface area (Å²) in [4.78, 5) is 0. The highest BCUT2D eigenvalue weighted by Gasteiger charge is 2.20. The molecule has 0 radical (unpaired) electrons. The van der Waals surface area contributed by atoms with Crippen molar-refractivity contribution >= 4 is 0 Å². The van der Waals surface area contributed by atoms with E-state index >= 15 is 0 Å². The van der Waals surface area contributed by atoms with Crippen molar-refractivity contribution in [2.24, 2.45) is 5.92 Å². The fourth-order valence-corrected chi connectivity index (χ4v) is 2.20. The van der Waals surface area contributed by atoms with Gasteiger partial charge in [-0.3, -0.25) is 0 Å². The van der Waals surface area contributed by atoms with Crippen LogP contribution in [-0.4, -0.2) is 6.04 Å². The van der Waals surface area contributed by atoms with Crippen molar-refractivity contribution in [1.82, 2.24) is 5.32 Å². The van der Waals surface area contributed by atoms with Gasteiger partial charge in [-0.05, 0) is 30.9 Å². The molecule has 2 unspecified atom stereocenters. The Balaban J connectivity index is 3.05. The smallest absolute Gasteiger partial charge is 0.130 e. The molecule has 0 aliphatic rings. The van der Waals surface area contributed by atoms with Crippen LogP contribution in [0.2, 0.25) is 0 Å². The van der Waals surface area contributed by atoms with Gasteiger partial charge in [0.05, 0.1) is 0 Å². The predicted molar refractivity (Wildman–Crippen MR) is 76.2 cm³/mol. The minimum Gasteiger partial charge on any atom is -0.308 e. The van der Waals surface area contributed by atoms with Gasteiger partial charge in [-0.2, -0.15) is 0 Å². The average molecular weight is 269 g/mol. The number of hydrogen-bond donors (Lipinski definition) is 1. The van der Waals surface area contributed by atoms with Crippen LogP contribution < -0.4 is 5.32 Å². The monoisotopic (exact) mass is 269 g/mol. The minimum absolute atomic E-state index is 0.0609. The van der Waals surface area contributed by atoms with Gasteiger partial charge in [0.25, 0.3) is 0 Å². The van der Waals surface area contributed by atoms with Gasteiger partial charge < -0.3 is 5.32 Å². The first-order chi connectivity index (χ1) is 8.85. The van der Waals surface area contributed by atoms with E-state index in [1.165, 1.54) is 0 Å². The molecular weight excluding hydrogens is 244 g/mol. The molecule has 1 aromatic rings. The summed E-state index contributed by atoms with van der Waals surface area (Å²) in [5, 5.41) is 3.39. The quantitative estimate of drug-likeness (QED) is 0.786. The minimum atomic E-state index is -0.479. The Bertz CT molecular complexity index is 415. The molecule has 1 nitrogen and oxygen atoms in total. The second-order valence-corrected chi connectivity index (χ2v) is 5.75. The van der Waals surface area contributed by atoms with E-state index in [-0.39, 0.29) is 12.1 Å². The van der Waals surface area contributed by atoms with Gasteiger partial charge in [-0.25, -0.2) is 8.78 Å². The third-order valence-electron chi connectivity index (χ3n) is 3.52. The van der Waals surface area contributed by atoms with Crippen molar-refractivity contribution < 1.29 is 8.78 Å². The van der Waals surface area contributed by atoms with Crippen LogP contribution in [-0.2, 0) is 0 Å². The number of halogens is 2. The summed E-state index contributed by atoms with van der Waals surface area (Å²) in [5.41, 5.74) is 1.07. The van der Waals surface area contributed by atoms with Crippen LogP contribution in [0.25, 0.3) is 0 Å². The van der Waals surface area contributed by atoms with Gasteiger partial charge >= 0.3 is 0 Å². The van der Waals surface area contributed by atoms with E-state index in [0.29, 0.717) is 17.0 Å². The number of rotatable bonds is 6. The Labute approximate surface area is 115 Å². The fraction of sp³-hybridized carbons (Fsp3) is 0.625. The highest BCUT2D eigenvalue weighted by molar-refractivity contribution is 5.28. The molecule has 0 aliphatic carbocycles. The average Bonchev–Trinajstić information content (AvgIpc) is 2.32. The van der Waals surface area contributed by atoms with Crippen molar-refractivity contribution in [2.45, 2.75) is 59.5 Å². The van der Waals surface area contributed by atoms with E-state index in [4.69, 9.17) is 0 Å². The lowest BCUT2D eigenvalue weighted by Crippen LogP contribution is -2.30. The maximum Gasteiger partial charge on any atom is 0.130 e. The maximum atomic E-state index is 14.0. The molecule has 0 amide bonds. The van der Waals surface area contributed by atoms with Gasteiger partial charge in [-0.1, -0.05) is 34.1 Å². The molecule has 1 aromatic carbocycles. The Morgan fingerprint density at radius 1 is 1.11 bits per heavy atom. The maximum absolute atomic E-state index is 14.0. The van der Waals surface area contributed by atoms with Gasteiger partial charge in [0.1, 0.15) is 11.6 Å². The number of hydrogen-bond acceptors (Lipinski definition) is 1. The Morgan fingerprint density at radius 3 is 2.26 bits per heavy atom. The van der Waals surface area contributed by atoms with Crippen LogP contribution in [0, 0.1) is 24.5 Å². The fourth-order valence-electron chi connectivity index (χ4n) is 2.20. The van der Waals surface area contributed by atoms with E-state index in [2.05, 4.69) is 19.2 Å². The normalized spacial score (nSPS) is 14.7. The molecule has 0 fully saturated rings. The summed E-state index contributed by atoms with van der Waals surface area (Å²) in [6.07, 6.45) is 1.91. The first-order valence-electron chi connectivity index (χ1n) is 7.06. The van der Waals surface area contributed by atoms with Gasteiger partial charge in [0, 0.05) is 23.7 Å². The summed E-state index contributed by atoms with van der Waals surface area (Å²) in [7, 11) is 0. The number of nitrogens with one attached hydrogen (secondary N) is 1. The van der Waals surface area contributed by atoms with Gasteiger partial charge in [-0.15, -0.1) is 0 Å². The second kappa shape index (κ2) is 6.99. The van der Waals surface area contributed by atoms with E-state index in [0.717, 1.165) is 18.9 Å². The molecule has 19 heavy (non-hydrogen) atoms. The first kappa shape index (κ1) is 16.1. The van der Waals surface area contributed by atoms with Crippen molar-refractivity contribution in [3.8, 4) is 0 Å². The number of aryl methyl sites for hydroxylation is 1. The molecule has 108 valence electrons. The molecular formula is C16H25F2N. The molecule has 0 saturated heterocycles. The zero-order valence-electron chi connectivity index (χ0n) is 12.6. The molecule has 1 N–H and O–H groups in total. The van der Waals surface area contributed by atoms with Crippen LogP contribution in [0.1, 0.15) is 57.7 Å². The van der Waals surface area contributed by atoms with Crippen LogP contribution >= 0.6 is 0 Å². The summed E-state index contributed by atoms with van der Waals surface area (Å²) in [6, 6.07) is 2.83. The van der Waals surface area contributed by atoms with Crippen LogP contribution in [0.15, 0.2) is 12.1 Å². The molecule has 2 atom stereocenters. The Kier molecular flexibility index (Phi) is 5.92. The van der Waals surface area contributed by atoms with Crippen LogP contribution in [0.4, 0.5) is 8.78 Å². The van der Waals surface area contributed by atoms with Crippen LogP contribution in [0.3, 0.4) is 0 Å². The topological polar surface area (TPSA) is 12.0 Å². The van der Waals surface area contributed by atoms with Crippen molar-refractivity contribution in [2.75, 3.05) is 0 Å². The summed E-state index contributed by atoms with van der Waals surface area (Å²) >= 11 is 0. The lowest BCUT2D eigenvalue weighted by molar-refractivity contribution is 0.369. The molecule has 0 aromatic heterocycles. The van der Waals surface area contributed by atoms with E-state index in [9.17, 15) is 8.78 Å². The molecule has 0 spiro atoms. The largest absolute Gasteiger partial charge is 0.308 e. The van der Waals surface area contributed by atoms with E-state index < -0.39 is 11.6 Å². The highest BCUT2D eigenvalue weighted by atomic mass is 19.1. The predicted octanol–water partition coefficient (Wildman–Crippen LogP) is 4.75. The number of benzene rings is 1. The molecule has 0 heterocycles. The van der Waals surface area contributed by atoms with Gasteiger partial charge in [0.15, 0.2) is 0 Å². The zero-order valence-corrected chi connectivity index (χ0v) is 12.6. The van der Waals surface area contributed by atoms with Gasteiger partial charge in [0.2, 0.25) is 0 Å². The van der Waals surface area contributed by atoms with Crippen molar-refractivity contribution in [1.29, 1.82) is 0 Å². The zero-order chi connectivity index (χ0) is 14.6. The summed E-state index contributed by atoms with van der Waals surface area (Å²) < 4.78 is 27.4. The third kappa shape index (κ3) is 4.57. The first-order valence-corrected chi connectivity index (χ1v) is 7.06. The standard InChI is InChI=1S/C16H25F2N/c1-6-11(4)7-16(19-10(2)3)13-8-12(5)14(17)9-15(13)18/h8-11,16,19H,6-7H2,1-5H3. The lowest BCUT2D eigenvalue weighted by Gasteiger charge is -2.25. The molecule has 0 aliphatic heterocycles. The second-order valence-electron chi connectivity index (χ2n) is 5.75. The molecule has 1 rings (SSSR count). The van der Waals surface area contributed by atoms with Crippen LogP contribution in [0.5, 0.6) is 0 Å². The molecule has 0 saturated carbocycles. The molecule has 0 bridgehead atoms. The third-order valence-corrected chi connectivity index (χ3v) is 3.52. The Morgan fingerprint density at radius 2 is 1.74 bits per heavy atom. The summed E-state index contributed by atoms with van der Waals surface area (Å²) in [5.74, 6) is -0.432. The summed E-state index contributed by atoms with van der Waals surface area (Å²) in [6.45, 7) is 10.0. The van der Waals surface area contributed by atoms with Crippen molar-refractivity contribution in [3.63, 3.8) is 0 Å². The Hall–Kier alpha value is -0.960. The molecule has 3 heteroatoms. The SMILES string of the molecule is CCC(C)CC(NC(C)C)c1cc(C)c(F)cc1F. The lowest BCUT2D eigenvalue weighted by atomic mass is 9.92. The van der Waals surface area contributed by atoms with E-state index in [1.54, 1.807) is 13.0 Å².